The van der Waals surface area contributed by atoms with E-state index in [4.69, 9.17) is 9.84 Å². The number of rotatable bonds is 4. The summed E-state index contributed by atoms with van der Waals surface area (Å²) in [5.41, 5.74) is 0.707. The molecule has 0 spiro atoms. The highest BCUT2D eigenvalue weighted by atomic mass is 79.9. The lowest BCUT2D eigenvalue weighted by Crippen LogP contribution is -2.07. The summed E-state index contributed by atoms with van der Waals surface area (Å²) in [5.74, 6) is -0.464. The molecule has 1 rings (SSSR count). The summed E-state index contributed by atoms with van der Waals surface area (Å²) in [4.78, 5) is 11.0. The van der Waals surface area contributed by atoms with Gasteiger partial charge in [0.15, 0.2) is 5.75 Å². The van der Waals surface area contributed by atoms with Crippen LogP contribution >= 0.6 is 15.9 Å². The predicted octanol–water partition coefficient (Wildman–Crippen LogP) is 2.59. The molecule has 4 nitrogen and oxygen atoms in total. The molecular weight excluding hydrogens is 262 g/mol. The number of hydrogen-bond acceptors (Lipinski definition) is 3. The Morgan fingerprint density at radius 2 is 2.27 bits per heavy atom. The molecule has 0 fully saturated rings. The third-order valence-electron chi connectivity index (χ3n) is 1.90. The fraction of sp³-hybridized carbons (Fsp3) is 0.300. The fourth-order valence-corrected chi connectivity index (χ4v) is 1.78. The summed E-state index contributed by atoms with van der Waals surface area (Å²) in [7, 11) is 1.51. The lowest BCUT2D eigenvalue weighted by atomic mass is 10.1. The van der Waals surface area contributed by atoms with E-state index in [2.05, 4.69) is 21.2 Å². The van der Waals surface area contributed by atoms with E-state index in [1.807, 2.05) is 6.92 Å². The minimum atomic E-state index is -0.975. The Hall–Kier alpha value is -1.23. The molecule has 0 saturated heterocycles. The molecule has 0 bridgehead atoms. The largest absolute Gasteiger partial charge is 0.493 e. The van der Waals surface area contributed by atoms with Crippen LogP contribution in [0.15, 0.2) is 16.6 Å². The Morgan fingerprint density at radius 1 is 1.60 bits per heavy atom. The van der Waals surface area contributed by atoms with E-state index < -0.39 is 5.97 Å². The molecule has 0 saturated carbocycles. The molecule has 0 aliphatic heterocycles. The van der Waals surface area contributed by atoms with Gasteiger partial charge in [-0.15, -0.1) is 0 Å². The monoisotopic (exact) mass is 273 g/mol. The molecule has 0 aliphatic rings. The van der Waals surface area contributed by atoms with Crippen molar-refractivity contribution in [3.63, 3.8) is 0 Å². The SMILES string of the molecule is CCNc1c(C(=O)O)ccc(Br)c1OC. The quantitative estimate of drug-likeness (QED) is 0.886. The smallest absolute Gasteiger partial charge is 0.337 e. The maximum Gasteiger partial charge on any atom is 0.337 e. The van der Waals surface area contributed by atoms with Crippen LogP contribution in [0.1, 0.15) is 17.3 Å². The first-order valence-corrected chi connectivity index (χ1v) is 5.24. The average Bonchev–Trinajstić information content (AvgIpc) is 2.18. The van der Waals surface area contributed by atoms with Crippen LogP contribution in [0.2, 0.25) is 0 Å². The predicted molar refractivity (Wildman–Crippen MR) is 61.8 cm³/mol. The van der Waals surface area contributed by atoms with Crippen LogP contribution in [-0.4, -0.2) is 24.7 Å². The molecule has 0 aromatic heterocycles. The lowest BCUT2D eigenvalue weighted by molar-refractivity contribution is 0.0697. The maximum atomic E-state index is 11.0. The Labute approximate surface area is 96.4 Å². The fourth-order valence-electron chi connectivity index (χ4n) is 1.29. The van der Waals surface area contributed by atoms with Gasteiger partial charge in [0.2, 0.25) is 0 Å². The summed E-state index contributed by atoms with van der Waals surface area (Å²) >= 11 is 3.30. The molecule has 0 radical (unpaired) electrons. The van der Waals surface area contributed by atoms with E-state index in [9.17, 15) is 4.79 Å². The zero-order chi connectivity index (χ0) is 11.4. The minimum absolute atomic E-state index is 0.205. The van der Waals surface area contributed by atoms with Crippen molar-refractivity contribution in [1.82, 2.24) is 0 Å². The molecule has 0 unspecified atom stereocenters. The third-order valence-corrected chi connectivity index (χ3v) is 2.52. The van der Waals surface area contributed by atoms with Gasteiger partial charge in [-0.3, -0.25) is 0 Å². The van der Waals surface area contributed by atoms with Crippen LogP contribution in [0, 0.1) is 0 Å². The zero-order valence-electron chi connectivity index (χ0n) is 8.50. The molecule has 1 aromatic carbocycles. The number of hydrogen-bond donors (Lipinski definition) is 2. The van der Waals surface area contributed by atoms with E-state index in [0.717, 1.165) is 4.47 Å². The highest BCUT2D eigenvalue weighted by molar-refractivity contribution is 9.10. The Kier molecular flexibility index (Phi) is 3.96. The first-order chi connectivity index (χ1) is 7.11. The van der Waals surface area contributed by atoms with Gasteiger partial charge in [0, 0.05) is 6.54 Å². The summed E-state index contributed by atoms with van der Waals surface area (Å²) < 4.78 is 5.87. The number of ether oxygens (including phenoxy) is 1. The van der Waals surface area contributed by atoms with Gasteiger partial charge in [-0.1, -0.05) is 0 Å². The second-order valence-corrected chi connectivity index (χ2v) is 3.69. The number of carbonyl (C=O) groups is 1. The molecule has 82 valence electrons. The summed E-state index contributed by atoms with van der Waals surface area (Å²) in [6.45, 7) is 2.53. The number of benzene rings is 1. The van der Waals surface area contributed by atoms with Crippen molar-refractivity contribution in [3.05, 3.63) is 22.2 Å². The van der Waals surface area contributed by atoms with Crippen LogP contribution < -0.4 is 10.1 Å². The van der Waals surface area contributed by atoms with Gasteiger partial charge in [-0.2, -0.15) is 0 Å². The number of methoxy groups -OCH3 is 1. The van der Waals surface area contributed by atoms with Crippen molar-refractivity contribution in [3.8, 4) is 5.75 Å². The van der Waals surface area contributed by atoms with E-state index in [1.165, 1.54) is 13.2 Å². The molecule has 0 amide bonds. The highest BCUT2D eigenvalue weighted by Crippen LogP contribution is 2.35. The zero-order valence-corrected chi connectivity index (χ0v) is 10.1. The number of carboxylic acid groups (broad SMARTS) is 1. The second-order valence-electron chi connectivity index (χ2n) is 2.84. The van der Waals surface area contributed by atoms with Gasteiger partial charge in [0.05, 0.1) is 22.8 Å². The Balaban J connectivity index is 3.34. The van der Waals surface area contributed by atoms with E-state index in [-0.39, 0.29) is 5.56 Å². The van der Waals surface area contributed by atoms with Crippen molar-refractivity contribution >= 4 is 27.6 Å². The van der Waals surface area contributed by atoms with Gasteiger partial charge in [0.25, 0.3) is 0 Å². The normalized spacial score (nSPS) is 9.80. The minimum Gasteiger partial charge on any atom is -0.493 e. The summed E-state index contributed by atoms with van der Waals surface area (Å²) in [6.07, 6.45) is 0. The van der Waals surface area contributed by atoms with Crippen molar-refractivity contribution in [1.29, 1.82) is 0 Å². The Bertz CT molecular complexity index is 379. The number of carboxylic acids is 1. The number of aromatic carboxylic acids is 1. The van der Waals surface area contributed by atoms with Gasteiger partial charge in [0.1, 0.15) is 0 Å². The van der Waals surface area contributed by atoms with Gasteiger partial charge < -0.3 is 15.2 Å². The molecule has 0 heterocycles. The summed E-state index contributed by atoms with van der Waals surface area (Å²) in [6, 6.07) is 3.19. The van der Waals surface area contributed by atoms with Gasteiger partial charge >= 0.3 is 5.97 Å². The number of halogens is 1. The molecular formula is C10H12BrNO3. The van der Waals surface area contributed by atoms with E-state index >= 15 is 0 Å². The Morgan fingerprint density at radius 3 is 2.73 bits per heavy atom. The van der Waals surface area contributed by atoms with Crippen molar-refractivity contribution in [2.24, 2.45) is 0 Å². The molecule has 1 aromatic rings. The average molecular weight is 274 g/mol. The molecule has 0 atom stereocenters. The topological polar surface area (TPSA) is 58.6 Å². The van der Waals surface area contributed by atoms with E-state index in [1.54, 1.807) is 6.07 Å². The van der Waals surface area contributed by atoms with Crippen LogP contribution in [0.4, 0.5) is 5.69 Å². The number of nitrogens with one attached hydrogen (secondary N) is 1. The second kappa shape index (κ2) is 5.02. The third kappa shape index (κ3) is 2.41. The molecule has 5 heteroatoms. The standard InChI is InChI=1S/C10H12BrNO3/c1-3-12-8-6(10(13)14)4-5-7(11)9(8)15-2/h4-5,12H,3H2,1-2H3,(H,13,14). The van der Waals surface area contributed by atoms with Crippen LogP contribution in [0.5, 0.6) is 5.75 Å². The van der Waals surface area contributed by atoms with Gasteiger partial charge in [-0.05, 0) is 35.0 Å². The molecule has 0 aliphatic carbocycles. The van der Waals surface area contributed by atoms with Crippen molar-refractivity contribution in [2.45, 2.75) is 6.92 Å². The first kappa shape index (κ1) is 11.8. The first-order valence-electron chi connectivity index (χ1n) is 4.45. The lowest BCUT2D eigenvalue weighted by Gasteiger charge is -2.13. The molecule has 15 heavy (non-hydrogen) atoms. The number of anilines is 1. The van der Waals surface area contributed by atoms with Crippen LogP contribution in [-0.2, 0) is 0 Å². The maximum absolute atomic E-state index is 11.0. The summed E-state index contributed by atoms with van der Waals surface area (Å²) in [5, 5.41) is 12.0. The van der Waals surface area contributed by atoms with Crippen molar-refractivity contribution in [2.75, 3.05) is 19.0 Å². The van der Waals surface area contributed by atoms with Crippen molar-refractivity contribution < 1.29 is 14.6 Å². The van der Waals surface area contributed by atoms with Gasteiger partial charge in [-0.25, -0.2) is 4.79 Å². The van der Waals surface area contributed by atoms with Crippen LogP contribution in [0.3, 0.4) is 0 Å². The molecule has 2 N–H and O–H groups in total. The van der Waals surface area contributed by atoms with E-state index in [0.29, 0.717) is 18.0 Å². The highest BCUT2D eigenvalue weighted by Gasteiger charge is 2.16. The van der Waals surface area contributed by atoms with Crippen LogP contribution in [0.25, 0.3) is 0 Å².